The van der Waals surface area contributed by atoms with E-state index in [2.05, 4.69) is 0 Å². The molecule has 0 fully saturated rings. The van der Waals surface area contributed by atoms with Crippen LogP contribution in [0.2, 0.25) is 0 Å². The third kappa shape index (κ3) is 5.55. The number of carbonyl (C=O) groups excluding carboxylic acids is 2. The third-order valence-corrected chi connectivity index (χ3v) is 2.10. The smallest absolute Gasteiger partial charge is 0.320 e. The van der Waals surface area contributed by atoms with Gasteiger partial charge in [-0.2, -0.15) is 0 Å². The van der Waals surface area contributed by atoms with Crippen LogP contribution >= 0.6 is 0 Å². The molecule has 4 nitrogen and oxygen atoms in total. The Morgan fingerprint density at radius 2 is 1.84 bits per heavy atom. The summed E-state index contributed by atoms with van der Waals surface area (Å²) in [6.07, 6.45) is 0. The van der Waals surface area contributed by atoms with Gasteiger partial charge in [-0.1, -0.05) is 30.3 Å². The van der Waals surface area contributed by atoms with Crippen molar-refractivity contribution in [2.45, 2.75) is 39.8 Å². The Balaban J connectivity index is 2.79. The normalized spacial score (nSPS) is 15.6. The van der Waals surface area contributed by atoms with Crippen molar-refractivity contribution in [1.29, 1.82) is 0 Å². The van der Waals surface area contributed by atoms with Crippen molar-refractivity contribution >= 4 is 11.9 Å². The molecule has 0 aliphatic carbocycles. The van der Waals surface area contributed by atoms with Gasteiger partial charge in [0.05, 0.1) is 0 Å². The lowest BCUT2D eigenvalue weighted by molar-refractivity contribution is -0.168. The molecule has 0 aromatic heterocycles. The van der Waals surface area contributed by atoms with E-state index in [1.807, 2.05) is 0 Å². The van der Waals surface area contributed by atoms with Crippen molar-refractivity contribution in [3.63, 3.8) is 0 Å². The molecule has 0 spiro atoms. The molecule has 4 heteroatoms. The van der Waals surface area contributed by atoms with Gasteiger partial charge in [0.1, 0.15) is 12.2 Å². The summed E-state index contributed by atoms with van der Waals surface area (Å²) in [6, 6.07) is 8.78. The van der Waals surface area contributed by atoms with Gasteiger partial charge in [0.25, 0.3) is 0 Å². The van der Waals surface area contributed by atoms with Crippen molar-refractivity contribution in [1.82, 2.24) is 0 Å². The number of rotatable bonds is 4. The fraction of sp³-hybridized carbons (Fsp3) is 0.467. The maximum atomic E-state index is 12.0. The summed E-state index contributed by atoms with van der Waals surface area (Å²) in [4.78, 5) is 24.0. The fourth-order valence-electron chi connectivity index (χ4n) is 1.27. The molecular weight excluding hydrogens is 245 g/mol. The molecule has 0 saturated carbocycles. The first-order valence-electron chi connectivity index (χ1n) is 7.44. The molecule has 0 N–H and O–H groups in total. The Hall–Kier alpha value is -1.84. The molecule has 1 aromatic rings. The van der Waals surface area contributed by atoms with Crippen molar-refractivity contribution in [2.24, 2.45) is 5.92 Å². The molecule has 1 rings (SSSR count). The van der Waals surface area contributed by atoms with Crippen LogP contribution in [-0.4, -0.2) is 17.5 Å². The van der Waals surface area contributed by atoms with Crippen LogP contribution < -0.4 is 0 Å². The summed E-state index contributed by atoms with van der Waals surface area (Å²) in [7, 11) is 0. The topological polar surface area (TPSA) is 52.6 Å². The number of ether oxygens (including phenoxy) is 2. The molecule has 0 aliphatic rings. The Kier molecular flexibility index (Phi) is 3.69. The highest BCUT2D eigenvalue weighted by molar-refractivity contribution is 5.94. The number of esters is 2. The first-order chi connectivity index (χ1) is 10.0. The van der Waals surface area contributed by atoms with Crippen molar-refractivity contribution in [3.05, 3.63) is 35.9 Å². The summed E-state index contributed by atoms with van der Waals surface area (Å²) < 4.78 is 32.1. The predicted molar refractivity (Wildman–Crippen MR) is 71.2 cm³/mol. The van der Waals surface area contributed by atoms with Crippen molar-refractivity contribution < 1.29 is 23.2 Å². The van der Waals surface area contributed by atoms with E-state index in [1.165, 1.54) is 0 Å². The van der Waals surface area contributed by atoms with E-state index in [1.54, 1.807) is 51.1 Å². The van der Waals surface area contributed by atoms with E-state index in [4.69, 9.17) is 13.6 Å². The number of carbonyl (C=O) groups is 2. The molecule has 0 radical (unpaired) electrons. The largest absolute Gasteiger partial charge is 0.460 e. The average Bonchev–Trinajstić information content (AvgIpc) is 2.33. The summed E-state index contributed by atoms with van der Waals surface area (Å²) in [6.45, 7) is 1.86. The molecular formula is C15H20O4. The van der Waals surface area contributed by atoms with Gasteiger partial charge in [-0.25, -0.2) is 0 Å². The molecule has 1 unspecified atom stereocenters. The zero-order valence-corrected chi connectivity index (χ0v) is 11.3. The Morgan fingerprint density at radius 1 is 1.21 bits per heavy atom. The van der Waals surface area contributed by atoms with Gasteiger partial charge in [-0.3, -0.25) is 9.59 Å². The lowest BCUT2D eigenvalue weighted by Crippen LogP contribution is -2.32. The highest BCUT2D eigenvalue weighted by Gasteiger charge is 2.28. The molecule has 1 aromatic carbocycles. The lowest BCUT2D eigenvalue weighted by atomic mass is 10.2. The Bertz CT molecular complexity index is 518. The van der Waals surface area contributed by atoms with Crippen molar-refractivity contribution in [3.8, 4) is 0 Å². The maximum absolute atomic E-state index is 12.0. The van der Waals surface area contributed by atoms with Crippen LogP contribution in [0.5, 0.6) is 0 Å². The van der Waals surface area contributed by atoms with Crippen LogP contribution in [0.4, 0.5) is 0 Å². The first kappa shape index (κ1) is 11.0. The first-order valence-corrected chi connectivity index (χ1v) is 5.94. The molecule has 104 valence electrons. The average molecular weight is 268 g/mol. The van der Waals surface area contributed by atoms with E-state index in [0.29, 0.717) is 5.56 Å². The van der Waals surface area contributed by atoms with Crippen LogP contribution in [0.15, 0.2) is 30.3 Å². The summed E-state index contributed by atoms with van der Waals surface area (Å²) in [5, 5.41) is 0. The van der Waals surface area contributed by atoms with Gasteiger partial charge < -0.3 is 9.47 Å². The van der Waals surface area contributed by atoms with Crippen LogP contribution in [0.25, 0.3) is 0 Å². The molecule has 19 heavy (non-hydrogen) atoms. The monoisotopic (exact) mass is 268 g/mol. The summed E-state index contributed by atoms with van der Waals surface area (Å²) in [5.74, 6) is -4.17. The van der Waals surface area contributed by atoms with Gasteiger partial charge in [0.2, 0.25) is 0 Å². The molecule has 0 saturated heterocycles. The zero-order chi connectivity index (χ0) is 17.0. The molecule has 0 amide bonds. The maximum Gasteiger partial charge on any atom is 0.320 e. The van der Waals surface area contributed by atoms with E-state index in [9.17, 15) is 9.59 Å². The molecule has 0 bridgehead atoms. The molecule has 0 heterocycles. The van der Waals surface area contributed by atoms with Gasteiger partial charge in [0.15, 0.2) is 5.92 Å². The third-order valence-electron chi connectivity index (χ3n) is 2.10. The van der Waals surface area contributed by atoms with Gasteiger partial charge in [0, 0.05) is 4.11 Å². The second-order valence-corrected chi connectivity index (χ2v) is 5.06. The molecule has 1 atom stereocenters. The molecule has 0 aliphatic heterocycles. The minimum Gasteiger partial charge on any atom is -0.460 e. The van der Waals surface area contributed by atoms with Gasteiger partial charge in [-0.05, 0) is 33.2 Å². The zero-order valence-electron chi connectivity index (χ0n) is 14.3. The predicted octanol–water partition coefficient (Wildman–Crippen LogP) is 2.71. The van der Waals surface area contributed by atoms with E-state index < -0.39 is 30.3 Å². The highest BCUT2D eigenvalue weighted by Crippen LogP contribution is 2.13. The highest BCUT2D eigenvalue weighted by atomic mass is 16.6. The van der Waals surface area contributed by atoms with E-state index in [0.717, 1.165) is 0 Å². The van der Waals surface area contributed by atoms with Crippen molar-refractivity contribution in [2.75, 3.05) is 0 Å². The Morgan fingerprint density at radius 3 is 2.37 bits per heavy atom. The van der Waals surface area contributed by atoms with Crippen LogP contribution in [-0.2, 0) is 25.7 Å². The Labute approximate surface area is 117 Å². The number of hydrogen-bond donors (Lipinski definition) is 0. The van der Waals surface area contributed by atoms with Crippen LogP contribution in [0, 0.1) is 5.92 Å². The van der Waals surface area contributed by atoms with Gasteiger partial charge >= 0.3 is 11.9 Å². The summed E-state index contributed by atoms with van der Waals surface area (Å²) >= 11 is 0. The van der Waals surface area contributed by atoms with Crippen LogP contribution in [0.1, 0.15) is 37.3 Å². The SMILES string of the molecule is [2H][13C]([2H])([2H])C(C(=O)OCc1ccccc1)C(=O)OC(C)(C)C. The summed E-state index contributed by atoms with van der Waals surface area (Å²) in [5.41, 5.74) is -0.190. The standard InChI is InChI=1S/C15H20O4/c1-11(14(17)19-15(2,3)4)13(16)18-10-12-8-6-5-7-9-12/h5-9,11H,10H2,1-4H3/i1+1D3. The van der Waals surface area contributed by atoms with E-state index >= 15 is 0 Å². The number of hydrogen-bond acceptors (Lipinski definition) is 4. The fourth-order valence-corrected chi connectivity index (χ4v) is 1.27. The van der Waals surface area contributed by atoms with Crippen LogP contribution in [0.3, 0.4) is 0 Å². The lowest BCUT2D eigenvalue weighted by Gasteiger charge is -2.21. The van der Waals surface area contributed by atoms with E-state index in [-0.39, 0.29) is 6.61 Å². The second kappa shape index (κ2) is 6.36. The minimum absolute atomic E-state index is 0.102. The number of benzene rings is 1. The minimum atomic E-state index is -2.82. The van der Waals surface area contributed by atoms with Gasteiger partial charge in [-0.15, -0.1) is 0 Å². The second-order valence-electron chi connectivity index (χ2n) is 5.06. The quantitative estimate of drug-likeness (QED) is 0.478.